The smallest absolute Gasteiger partial charge is 0.246 e. The zero-order chi connectivity index (χ0) is 20.9. The minimum Gasteiger partial charge on any atom is -0.493 e. The first-order valence-corrected chi connectivity index (χ1v) is 10.0. The van der Waals surface area contributed by atoms with Crippen LogP contribution in [0, 0.1) is 0 Å². The van der Waals surface area contributed by atoms with E-state index in [-0.39, 0.29) is 5.91 Å². The van der Waals surface area contributed by atoms with Crippen LogP contribution in [-0.2, 0) is 4.79 Å². The second-order valence-corrected chi connectivity index (χ2v) is 7.15. The predicted molar refractivity (Wildman–Crippen MR) is 117 cm³/mol. The molecule has 0 N–H and O–H groups in total. The van der Waals surface area contributed by atoms with Gasteiger partial charge in [-0.2, -0.15) is 5.10 Å². The molecule has 0 unspecified atom stereocenters. The zero-order valence-electron chi connectivity index (χ0n) is 17.2. The van der Waals surface area contributed by atoms with Crippen molar-refractivity contribution in [2.75, 3.05) is 27.3 Å². The number of carbonyl (C=O) groups excluding carboxylic acids is 1. The summed E-state index contributed by atoms with van der Waals surface area (Å²) in [5.74, 6) is 1.33. The summed E-state index contributed by atoms with van der Waals surface area (Å²) in [6.07, 6.45) is 7.57. The van der Waals surface area contributed by atoms with Crippen LogP contribution in [0.15, 0.2) is 60.8 Å². The van der Waals surface area contributed by atoms with E-state index >= 15 is 0 Å². The van der Waals surface area contributed by atoms with E-state index in [4.69, 9.17) is 14.6 Å². The van der Waals surface area contributed by atoms with Gasteiger partial charge in [-0.05, 0) is 49.2 Å². The SMILES string of the molecule is COc1ccc(-c2nn(-c3ccccc3)cc2/C=C/C(=O)N2CCCC2)cc1OC. The van der Waals surface area contributed by atoms with Crippen molar-refractivity contribution in [3.63, 3.8) is 0 Å². The van der Waals surface area contributed by atoms with Gasteiger partial charge in [-0.3, -0.25) is 4.79 Å². The first-order chi connectivity index (χ1) is 14.7. The number of rotatable bonds is 6. The number of carbonyl (C=O) groups is 1. The molecule has 0 saturated carbocycles. The molecule has 1 amide bonds. The van der Waals surface area contributed by atoms with Crippen molar-refractivity contribution < 1.29 is 14.3 Å². The topological polar surface area (TPSA) is 56.6 Å². The number of para-hydroxylation sites is 1. The highest BCUT2D eigenvalue weighted by Gasteiger charge is 2.17. The molecule has 2 aromatic carbocycles. The Morgan fingerprint density at radius 1 is 1.00 bits per heavy atom. The maximum atomic E-state index is 12.5. The molecule has 1 fully saturated rings. The molecule has 0 radical (unpaired) electrons. The van der Waals surface area contributed by atoms with E-state index in [1.807, 2.05) is 70.4 Å². The van der Waals surface area contributed by atoms with Crippen LogP contribution < -0.4 is 9.47 Å². The molecule has 1 aromatic heterocycles. The third-order valence-electron chi connectivity index (χ3n) is 5.24. The number of likely N-dealkylation sites (tertiary alicyclic amines) is 1. The Kier molecular flexibility index (Phi) is 5.84. The van der Waals surface area contributed by atoms with Crippen LogP contribution in [0.3, 0.4) is 0 Å². The number of hydrogen-bond acceptors (Lipinski definition) is 4. The first-order valence-electron chi connectivity index (χ1n) is 10.0. The van der Waals surface area contributed by atoms with Crippen molar-refractivity contribution in [1.82, 2.24) is 14.7 Å². The third-order valence-corrected chi connectivity index (χ3v) is 5.24. The Morgan fingerprint density at radius 2 is 1.73 bits per heavy atom. The summed E-state index contributed by atoms with van der Waals surface area (Å²) in [4.78, 5) is 14.4. The number of benzene rings is 2. The van der Waals surface area contributed by atoms with Crippen molar-refractivity contribution in [3.05, 3.63) is 66.4 Å². The molecule has 0 aliphatic carbocycles. The fraction of sp³-hybridized carbons (Fsp3) is 0.250. The zero-order valence-corrected chi connectivity index (χ0v) is 17.2. The van der Waals surface area contributed by atoms with Crippen LogP contribution >= 0.6 is 0 Å². The summed E-state index contributed by atoms with van der Waals surface area (Å²) in [6.45, 7) is 1.66. The van der Waals surface area contributed by atoms with E-state index in [0.717, 1.165) is 48.4 Å². The van der Waals surface area contributed by atoms with Gasteiger partial charge in [0.2, 0.25) is 5.91 Å². The van der Waals surface area contributed by atoms with Crippen LogP contribution in [-0.4, -0.2) is 47.9 Å². The summed E-state index contributed by atoms with van der Waals surface area (Å²) >= 11 is 0. The summed E-state index contributed by atoms with van der Waals surface area (Å²) in [7, 11) is 3.22. The molecule has 30 heavy (non-hydrogen) atoms. The maximum Gasteiger partial charge on any atom is 0.246 e. The molecule has 1 saturated heterocycles. The summed E-state index contributed by atoms with van der Waals surface area (Å²) in [5, 5.41) is 4.80. The highest BCUT2D eigenvalue weighted by atomic mass is 16.5. The average molecular weight is 403 g/mol. The van der Waals surface area contributed by atoms with Gasteiger partial charge in [0.25, 0.3) is 0 Å². The van der Waals surface area contributed by atoms with E-state index in [0.29, 0.717) is 11.5 Å². The molecule has 0 spiro atoms. The highest BCUT2D eigenvalue weighted by molar-refractivity contribution is 5.93. The number of hydrogen-bond donors (Lipinski definition) is 0. The van der Waals surface area contributed by atoms with E-state index in [1.165, 1.54) is 0 Å². The fourth-order valence-corrected chi connectivity index (χ4v) is 3.63. The molecule has 0 bridgehead atoms. The van der Waals surface area contributed by atoms with Gasteiger partial charge in [-0.25, -0.2) is 4.68 Å². The van der Waals surface area contributed by atoms with Gasteiger partial charge < -0.3 is 14.4 Å². The van der Waals surface area contributed by atoms with Crippen LogP contribution in [0.4, 0.5) is 0 Å². The van der Waals surface area contributed by atoms with Gasteiger partial charge in [0.1, 0.15) is 5.69 Å². The maximum absolute atomic E-state index is 12.5. The molecule has 2 heterocycles. The number of methoxy groups -OCH3 is 2. The van der Waals surface area contributed by atoms with E-state index in [9.17, 15) is 4.79 Å². The van der Waals surface area contributed by atoms with Crippen molar-refractivity contribution in [3.8, 4) is 28.4 Å². The second kappa shape index (κ2) is 8.86. The first kappa shape index (κ1) is 19.8. The minimum atomic E-state index is 0.0400. The molecule has 0 atom stereocenters. The largest absolute Gasteiger partial charge is 0.493 e. The lowest BCUT2D eigenvalue weighted by molar-refractivity contribution is -0.124. The van der Waals surface area contributed by atoms with E-state index in [1.54, 1.807) is 20.3 Å². The molecule has 1 aliphatic rings. The third kappa shape index (κ3) is 4.08. The molecule has 3 aromatic rings. The Balaban J connectivity index is 1.74. The Hall–Kier alpha value is -3.54. The fourth-order valence-electron chi connectivity index (χ4n) is 3.63. The van der Waals surface area contributed by atoms with Gasteiger partial charge >= 0.3 is 0 Å². The van der Waals surface area contributed by atoms with Crippen molar-refractivity contribution in [2.45, 2.75) is 12.8 Å². The lowest BCUT2D eigenvalue weighted by Gasteiger charge is -2.11. The Bertz CT molecular complexity index is 1050. The number of nitrogens with zero attached hydrogens (tertiary/aromatic N) is 3. The van der Waals surface area contributed by atoms with Gasteiger partial charge in [0, 0.05) is 36.5 Å². The quantitative estimate of drug-likeness (QED) is 0.579. The van der Waals surface area contributed by atoms with Gasteiger partial charge in [0.15, 0.2) is 11.5 Å². The Morgan fingerprint density at radius 3 is 2.43 bits per heavy atom. The molecule has 6 nitrogen and oxygen atoms in total. The Labute approximate surface area is 176 Å². The molecular weight excluding hydrogens is 378 g/mol. The predicted octanol–water partition coefficient (Wildman–Crippen LogP) is 4.19. The van der Waals surface area contributed by atoms with E-state index < -0.39 is 0 Å². The van der Waals surface area contributed by atoms with Gasteiger partial charge in [-0.15, -0.1) is 0 Å². The van der Waals surface area contributed by atoms with Gasteiger partial charge in [-0.1, -0.05) is 18.2 Å². The lowest BCUT2D eigenvalue weighted by atomic mass is 10.1. The molecule has 6 heteroatoms. The number of amides is 1. The molecular formula is C24H25N3O3. The standard InChI is InChI=1S/C24H25N3O3/c1-29-21-12-10-18(16-22(21)30-2)24-19(11-13-23(28)26-14-6-7-15-26)17-27(25-24)20-8-4-3-5-9-20/h3-5,8-13,16-17H,6-7,14-15H2,1-2H3/b13-11+. The van der Waals surface area contributed by atoms with Gasteiger partial charge in [0.05, 0.1) is 19.9 Å². The van der Waals surface area contributed by atoms with Crippen LogP contribution in [0.2, 0.25) is 0 Å². The molecule has 1 aliphatic heterocycles. The van der Waals surface area contributed by atoms with E-state index in [2.05, 4.69) is 0 Å². The summed E-state index contributed by atoms with van der Waals surface area (Å²) in [5.41, 5.74) is 3.46. The molecule has 4 rings (SSSR count). The summed E-state index contributed by atoms with van der Waals surface area (Å²) < 4.78 is 12.6. The minimum absolute atomic E-state index is 0.0400. The second-order valence-electron chi connectivity index (χ2n) is 7.15. The monoisotopic (exact) mass is 403 g/mol. The number of aromatic nitrogens is 2. The van der Waals surface area contributed by atoms with Crippen molar-refractivity contribution >= 4 is 12.0 Å². The van der Waals surface area contributed by atoms with Crippen LogP contribution in [0.25, 0.3) is 23.0 Å². The van der Waals surface area contributed by atoms with Crippen LogP contribution in [0.5, 0.6) is 11.5 Å². The lowest BCUT2D eigenvalue weighted by Crippen LogP contribution is -2.25. The molecule has 154 valence electrons. The average Bonchev–Trinajstić information content (AvgIpc) is 3.48. The highest BCUT2D eigenvalue weighted by Crippen LogP contribution is 2.33. The van der Waals surface area contributed by atoms with Crippen LogP contribution in [0.1, 0.15) is 18.4 Å². The summed E-state index contributed by atoms with van der Waals surface area (Å²) in [6, 6.07) is 15.6. The van der Waals surface area contributed by atoms with Crippen molar-refractivity contribution in [2.24, 2.45) is 0 Å². The number of ether oxygens (including phenoxy) is 2. The normalized spacial score (nSPS) is 13.7. The van der Waals surface area contributed by atoms with Crippen molar-refractivity contribution in [1.29, 1.82) is 0 Å².